The van der Waals surface area contributed by atoms with Crippen LogP contribution in [-0.4, -0.2) is 42.8 Å². The molecule has 1 aromatic heterocycles. The highest BCUT2D eigenvalue weighted by Crippen LogP contribution is 2.28. The van der Waals surface area contributed by atoms with Gasteiger partial charge in [-0.25, -0.2) is 4.98 Å². The Kier molecular flexibility index (Phi) is 4.00. The molecule has 0 unspecified atom stereocenters. The average Bonchev–Trinajstić information content (AvgIpc) is 2.57. The molecular weight excluding hydrogens is 280 g/mol. The normalized spacial score (nSPS) is 15.0. The summed E-state index contributed by atoms with van der Waals surface area (Å²) < 4.78 is 6.99. The lowest BCUT2D eigenvalue weighted by molar-refractivity contribution is 0.413. The first-order valence-corrected chi connectivity index (χ1v) is 7.35. The second-order valence-electron chi connectivity index (χ2n) is 5.31. The molecule has 1 fully saturated rings. The van der Waals surface area contributed by atoms with Gasteiger partial charge in [-0.05, 0) is 12.1 Å². The number of rotatable bonds is 3. The third-order valence-electron chi connectivity index (χ3n) is 4.00. The van der Waals surface area contributed by atoms with Gasteiger partial charge in [-0.2, -0.15) is 0 Å². The number of piperazine rings is 1. The van der Waals surface area contributed by atoms with Crippen LogP contribution in [0.5, 0.6) is 5.75 Å². The average molecular weight is 300 g/mol. The first kappa shape index (κ1) is 14.4. The zero-order valence-corrected chi connectivity index (χ0v) is 12.9. The van der Waals surface area contributed by atoms with Crippen molar-refractivity contribution < 1.29 is 4.74 Å². The number of aryl methyl sites for hydroxylation is 1. The minimum absolute atomic E-state index is 0.0479. The van der Waals surface area contributed by atoms with Gasteiger partial charge in [0.1, 0.15) is 5.75 Å². The number of nitrogens with zero attached hydrogens (tertiary/aromatic N) is 4. The van der Waals surface area contributed by atoms with Crippen LogP contribution in [-0.2, 0) is 7.05 Å². The maximum absolute atomic E-state index is 12.1. The monoisotopic (exact) mass is 300 g/mol. The van der Waals surface area contributed by atoms with E-state index in [0.29, 0.717) is 5.82 Å². The first-order chi connectivity index (χ1) is 10.7. The van der Waals surface area contributed by atoms with E-state index >= 15 is 0 Å². The van der Waals surface area contributed by atoms with Gasteiger partial charge in [0.05, 0.1) is 12.8 Å². The van der Waals surface area contributed by atoms with Crippen LogP contribution in [0.15, 0.2) is 41.5 Å². The standard InChI is InChI=1S/C16H20N4O2/c1-18-8-7-17-15(16(18)21)20-11-9-19(10-12-20)13-5-3-4-6-14(13)22-2/h3-8H,9-12H2,1-2H3. The second kappa shape index (κ2) is 6.09. The number of hydrogen-bond acceptors (Lipinski definition) is 5. The molecule has 116 valence electrons. The van der Waals surface area contributed by atoms with Gasteiger partial charge >= 0.3 is 0 Å². The Bertz CT molecular complexity index is 705. The molecule has 0 amide bonds. The molecule has 0 atom stereocenters. The van der Waals surface area contributed by atoms with Crippen molar-refractivity contribution >= 4 is 11.5 Å². The van der Waals surface area contributed by atoms with E-state index in [-0.39, 0.29) is 5.56 Å². The first-order valence-electron chi connectivity index (χ1n) is 7.35. The molecule has 2 heterocycles. The lowest BCUT2D eigenvalue weighted by atomic mass is 10.2. The highest BCUT2D eigenvalue weighted by atomic mass is 16.5. The quantitative estimate of drug-likeness (QED) is 0.850. The fourth-order valence-electron chi connectivity index (χ4n) is 2.75. The summed E-state index contributed by atoms with van der Waals surface area (Å²) in [6.45, 7) is 3.20. The highest BCUT2D eigenvalue weighted by molar-refractivity contribution is 5.59. The number of anilines is 2. The van der Waals surface area contributed by atoms with Gasteiger partial charge in [0, 0.05) is 45.6 Å². The van der Waals surface area contributed by atoms with Crippen molar-refractivity contribution in [2.75, 3.05) is 43.1 Å². The molecule has 6 nitrogen and oxygen atoms in total. The molecular formula is C16H20N4O2. The minimum Gasteiger partial charge on any atom is -0.495 e. The lowest BCUT2D eigenvalue weighted by Gasteiger charge is -2.36. The van der Waals surface area contributed by atoms with E-state index in [4.69, 9.17) is 4.74 Å². The number of ether oxygens (including phenoxy) is 1. The van der Waals surface area contributed by atoms with Gasteiger partial charge in [0.2, 0.25) is 0 Å². The Balaban J connectivity index is 1.75. The molecule has 0 N–H and O–H groups in total. The third-order valence-corrected chi connectivity index (χ3v) is 4.00. The van der Waals surface area contributed by atoms with Crippen LogP contribution in [0.4, 0.5) is 11.5 Å². The summed E-state index contributed by atoms with van der Waals surface area (Å²) in [4.78, 5) is 20.7. The summed E-state index contributed by atoms with van der Waals surface area (Å²) in [6, 6.07) is 8.01. The molecule has 0 bridgehead atoms. The van der Waals surface area contributed by atoms with Gasteiger partial charge in [-0.3, -0.25) is 4.79 Å². The maximum Gasteiger partial charge on any atom is 0.293 e. The number of benzene rings is 1. The molecule has 22 heavy (non-hydrogen) atoms. The van der Waals surface area contributed by atoms with Crippen molar-refractivity contribution in [3.8, 4) is 5.75 Å². The predicted octanol–water partition coefficient (Wildman–Crippen LogP) is 1.12. The molecule has 3 rings (SSSR count). The highest BCUT2D eigenvalue weighted by Gasteiger charge is 2.22. The number of para-hydroxylation sites is 2. The van der Waals surface area contributed by atoms with E-state index < -0.39 is 0 Å². The van der Waals surface area contributed by atoms with Crippen molar-refractivity contribution in [1.82, 2.24) is 9.55 Å². The van der Waals surface area contributed by atoms with E-state index in [0.717, 1.165) is 37.6 Å². The van der Waals surface area contributed by atoms with Crippen molar-refractivity contribution in [2.45, 2.75) is 0 Å². The van der Waals surface area contributed by atoms with Crippen molar-refractivity contribution in [3.63, 3.8) is 0 Å². The molecule has 1 saturated heterocycles. The van der Waals surface area contributed by atoms with Crippen LogP contribution in [0.3, 0.4) is 0 Å². The van der Waals surface area contributed by atoms with Gasteiger partial charge in [-0.1, -0.05) is 12.1 Å². The molecule has 6 heteroatoms. The van der Waals surface area contributed by atoms with E-state index in [1.807, 2.05) is 23.1 Å². The van der Waals surface area contributed by atoms with Gasteiger partial charge in [0.25, 0.3) is 5.56 Å². The zero-order chi connectivity index (χ0) is 15.5. The van der Waals surface area contributed by atoms with E-state index in [2.05, 4.69) is 16.0 Å². The van der Waals surface area contributed by atoms with Gasteiger partial charge in [0.15, 0.2) is 5.82 Å². The van der Waals surface area contributed by atoms with Gasteiger partial charge in [-0.15, -0.1) is 0 Å². The van der Waals surface area contributed by atoms with Crippen LogP contribution in [0.2, 0.25) is 0 Å². The Morgan fingerprint density at radius 2 is 1.77 bits per heavy atom. The second-order valence-corrected chi connectivity index (χ2v) is 5.31. The summed E-state index contributed by atoms with van der Waals surface area (Å²) in [5.74, 6) is 1.41. The van der Waals surface area contributed by atoms with Crippen LogP contribution in [0.1, 0.15) is 0 Å². The molecule has 1 aliphatic heterocycles. The van der Waals surface area contributed by atoms with Crippen molar-refractivity contribution in [3.05, 3.63) is 47.0 Å². The fraction of sp³-hybridized carbons (Fsp3) is 0.375. The Hall–Kier alpha value is -2.50. The lowest BCUT2D eigenvalue weighted by Crippen LogP contribution is -2.48. The summed E-state index contributed by atoms with van der Waals surface area (Å²) in [5, 5.41) is 0. The number of methoxy groups -OCH3 is 1. The summed E-state index contributed by atoms with van der Waals surface area (Å²) in [7, 11) is 3.44. The number of aromatic nitrogens is 2. The molecule has 2 aromatic rings. The molecule has 0 saturated carbocycles. The molecule has 0 spiro atoms. The summed E-state index contributed by atoms with van der Waals surface area (Å²) in [5.41, 5.74) is 1.05. The predicted molar refractivity (Wildman–Crippen MR) is 86.9 cm³/mol. The SMILES string of the molecule is COc1ccccc1N1CCN(c2nccn(C)c2=O)CC1. The maximum atomic E-state index is 12.1. The van der Waals surface area contributed by atoms with Crippen LogP contribution >= 0.6 is 0 Å². The molecule has 1 aromatic carbocycles. The molecule has 0 radical (unpaired) electrons. The minimum atomic E-state index is -0.0479. The largest absolute Gasteiger partial charge is 0.495 e. The Morgan fingerprint density at radius 1 is 1.09 bits per heavy atom. The summed E-state index contributed by atoms with van der Waals surface area (Å²) in [6.07, 6.45) is 3.35. The van der Waals surface area contributed by atoms with E-state index in [1.165, 1.54) is 0 Å². The fourth-order valence-corrected chi connectivity index (χ4v) is 2.75. The van der Waals surface area contributed by atoms with Crippen molar-refractivity contribution in [2.24, 2.45) is 7.05 Å². The summed E-state index contributed by atoms with van der Waals surface area (Å²) >= 11 is 0. The third kappa shape index (κ3) is 2.64. The van der Waals surface area contributed by atoms with Crippen LogP contribution in [0, 0.1) is 0 Å². The smallest absolute Gasteiger partial charge is 0.293 e. The Morgan fingerprint density at radius 3 is 2.50 bits per heavy atom. The topological polar surface area (TPSA) is 50.6 Å². The molecule has 1 aliphatic rings. The molecule has 0 aliphatic carbocycles. The van der Waals surface area contributed by atoms with Crippen LogP contribution < -0.4 is 20.1 Å². The van der Waals surface area contributed by atoms with Gasteiger partial charge < -0.3 is 19.1 Å². The van der Waals surface area contributed by atoms with Crippen molar-refractivity contribution in [1.29, 1.82) is 0 Å². The number of hydrogen-bond donors (Lipinski definition) is 0. The van der Waals surface area contributed by atoms with E-state index in [9.17, 15) is 4.79 Å². The Labute approximate surface area is 129 Å². The van der Waals surface area contributed by atoms with E-state index in [1.54, 1.807) is 31.1 Å². The van der Waals surface area contributed by atoms with Crippen LogP contribution in [0.25, 0.3) is 0 Å². The zero-order valence-electron chi connectivity index (χ0n) is 12.9.